The van der Waals surface area contributed by atoms with Crippen molar-refractivity contribution in [3.8, 4) is 0 Å². The molecule has 6 heteroatoms. The van der Waals surface area contributed by atoms with E-state index in [9.17, 15) is 9.59 Å². The molecule has 0 heterocycles. The second-order valence-electron chi connectivity index (χ2n) is 3.86. The van der Waals surface area contributed by atoms with Crippen molar-refractivity contribution in [2.45, 2.75) is 0 Å². The van der Waals surface area contributed by atoms with E-state index in [-0.39, 0.29) is 11.3 Å². The molecule has 0 radical (unpaired) electrons. The molecule has 0 aliphatic rings. The summed E-state index contributed by atoms with van der Waals surface area (Å²) in [6.07, 6.45) is 3.92. The molecule has 2 N–H and O–H groups in total. The number of nitrogens with one attached hydrogen (secondary N) is 2. The zero-order valence-corrected chi connectivity index (χ0v) is 11.6. The van der Waals surface area contributed by atoms with Gasteiger partial charge in [-0.3, -0.25) is 4.79 Å². The number of carbonyl (C=O) groups excluding carboxylic acids is 2. The summed E-state index contributed by atoms with van der Waals surface area (Å²) in [4.78, 5) is 23.2. The van der Waals surface area contributed by atoms with Crippen LogP contribution in [0.1, 0.15) is 15.9 Å². The van der Waals surface area contributed by atoms with Crippen molar-refractivity contribution >= 4 is 23.1 Å². The SMILES string of the molecule is C=CC(=O)Nc1cc(/C(C=C)=C/N=N)ccc1C(=O)OC. The van der Waals surface area contributed by atoms with Crippen molar-refractivity contribution in [3.05, 3.63) is 60.8 Å². The third-order valence-electron chi connectivity index (χ3n) is 2.63. The fraction of sp³-hybridized carbons (Fsp3) is 0.0667. The van der Waals surface area contributed by atoms with E-state index in [0.717, 1.165) is 6.08 Å². The van der Waals surface area contributed by atoms with Crippen LogP contribution in [0.5, 0.6) is 0 Å². The molecule has 21 heavy (non-hydrogen) atoms. The zero-order valence-electron chi connectivity index (χ0n) is 11.6. The van der Waals surface area contributed by atoms with Gasteiger partial charge in [-0.15, -0.1) is 0 Å². The summed E-state index contributed by atoms with van der Waals surface area (Å²) < 4.78 is 4.67. The fourth-order valence-corrected chi connectivity index (χ4v) is 1.61. The Bertz CT molecular complexity index is 633. The van der Waals surface area contributed by atoms with E-state index in [1.807, 2.05) is 0 Å². The first-order valence-corrected chi connectivity index (χ1v) is 5.92. The van der Waals surface area contributed by atoms with Gasteiger partial charge in [-0.1, -0.05) is 25.3 Å². The summed E-state index contributed by atoms with van der Waals surface area (Å²) in [6, 6.07) is 4.74. The van der Waals surface area contributed by atoms with Crippen LogP contribution in [0.4, 0.5) is 5.69 Å². The largest absolute Gasteiger partial charge is 0.465 e. The highest BCUT2D eigenvalue weighted by Crippen LogP contribution is 2.24. The second-order valence-corrected chi connectivity index (χ2v) is 3.86. The van der Waals surface area contributed by atoms with Gasteiger partial charge < -0.3 is 10.1 Å². The number of nitrogens with zero attached hydrogens (tertiary/aromatic N) is 1. The van der Waals surface area contributed by atoms with Gasteiger partial charge >= 0.3 is 5.97 Å². The number of carbonyl (C=O) groups is 2. The molecule has 0 atom stereocenters. The Kier molecular flexibility index (Phi) is 5.76. The van der Waals surface area contributed by atoms with Gasteiger partial charge in [-0.25, -0.2) is 10.3 Å². The maximum absolute atomic E-state index is 11.7. The number of allylic oxidation sites excluding steroid dienone is 2. The molecule has 0 saturated heterocycles. The first-order valence-electron chi connectivity index (χ1n) is 5.92. The molecule has 1 amide bonds. The van der Waals surface area contributed by atoms with Gasteiger partial charge in [0.2, 0.25) is 5.91 Å². The maximum atomic E-state index is 11.7. The van der Waals surface area contributed by atoms with Gasteiger partial charge in [0.05, 0.1) is 24.6 Å². The molecule has 0 saturated carbocycles. The van der Waals surface area contributed by atoms with Crippen LogP contribution in [0.3, 0.4) is 0 Å². The lowest BCUT2D eigenvalue weighted by molar-refractivity contribution is -0.111. The summed E-state index contributed by atoms with van der Waals surface area (Å²) in [7, 11) is 1.25. The van der Waals surface area contributed by atoms with E-state index in [2.05, 4.69) is 28.3 Å². The molecule has 0 unspecified atom stereocenters. The summed E-state index contributed by atoms with van der Waals surface area (Å²) >= 11 is 0. The molecule has 0 bridgehead atoms. The topological polar surface area (TPSA) is 91.6 Å². The first kappa shape index (κ1) is 16.0. The maximum Gasteiger partial charge on any atom is 0.339 e. The van der Waals surface area contributed by atoms with Crippen molar-refractivity contribution in [1.82, 2.24) is 0 Å². The van der Waals surface area contributed by atoms with Crippen molar-refractivity contribution < 1.29 is 14.3 Å². The van der Waals surface area contributed by atoms with Gasteiger partial charge in [0, 0.05) is 5.57 Å². The average molecular weight is 285 g/mol. The molecule has 1 rings (SSSR count). The highest BCUT2D eigenvalue weighted by atomic mass is 16.5. The normalized spacial score (nSPS) is 10.4. The van der Waals surface area contributed by atoms with Gasteiger partial charge in [0.15, 0.2) is 0 Å². The number of methoxy groups -OCH3 is 1. The van der Waals surface area contributed by atoms with E-state index in [0.29, 0.717) is 11.1 Å². The number of anilines is 1. The van der Waals surface area contributed by atoms with Crippen molar-refractivity contribution in [2.75, 3.05) is 12.4 Å². The summed E-state index contributed by atoms with van der Waals surface area (Å²) in [5, 5.41) is 5.73. The number of hydrogen-bond acceptors (Lipinski definition) is 5. The molecule has 0 aromatic heterocycles. The second kappa shape index (κ2) is 7.54. The monoisotopic (exact) mass is 285 g/mol. The lowest BCUT2D eigenvalue weighted by Gasteiger charge is -2.11. The van der Waals surface area contributed by atoms with Crippen LogP contribution in [0.2, 0.25) is 0 Å². The Morgan fingerprint density at radius 3 is 2.57 bits per heavy atom. The molecule has 108 valence electrons. The Balaban J connectivity index is 3.38. The van der Waals surface area contributed by atoms with Crippen LogP contribution < -0.4 is 5.32 Å². The quantitative estimate of drug-likeness (QED) is 0.364. The third kappa shape index (κ3) is 3.97. The van der Waals surface area contributed by atoms with Crippen LogP contribution in [-0.2, 0) is 9.53 Å². The Morgan fingerprint density at radius 2 is 2.05 bits per heavy atom. The predicted molar refractivity (Wildman–Crippen MR) is 79.9 cm³/mol. The van der Waals surface area contributed by atoms with Crippen molar-refractivity contribution in [2.24, 2.45) is 5.11 Å². The molecule has 0 aliphatic carbocycles. The van der Waals surface area contributed by atoms with E-state index in [1.165, 1.54) is 25.5 Å². The minimum atomic E-state index is -0.574. The molecule has 0 aliphatic heterocycles. The molecular weight excluding hydrogens is 270 g/mol. The number of rotatable bonds is 6. The minimum absolute atomic E-state index is 0.211. The van der Waals surface area contributed by atoms with E-state index in [4.69, 9.17) is 5.53 Å². The number of hydrogen-bond donors (Lipinski definition) is 2. The average Bonchev–Trinajstić information content (AvgIpc) is 2.51. The van der Waals surface area contributed by atoms with Crippen LogP contribution in [0, 0.1) is 5.53 Å². The molecule has 6 nitrogen and oxygen atoms in total. The first-order chi connectivity index (χ1) is 10.1. The number of amides is 1. The molecule has 0 fully saturated rings. The number of benzene rings is 1. The highest BCUT2D eigenvalue weighted by Gasteiger charge is 2.14. The molecular formula is C15H15N3O3. The van der Waals surface area contributed by atoms with E-state index < -0.39 is 11.9 Å². The van der Waals surface area contributed by atoms with Crippen molar-refractivity contribution in [3.63, 3.8) is 0 Å². The third-order valence-corrected chi connectivity index (χ3v) is 2.63. The lowest BCUT2D eigenvalue weighted by atomic mass is 10.0. The van der Waals surface area contributed by atoms with E-state index in [1.54, 1.807) is 12.1 Å². The molecule has 0 spiro atoms. The zero-order chi connectivity index (χ0) is 15.8. The Hall–Kier alpha value is -3.02. The predicted octanol–water partition coefficient (Wildman–Crippen LogP) is 3.16. The van der Waals surface area contributed by atoms with E-state index >= 15 is 0 Å². The van der Waals surface area contributed by atoms with Gasteiger partial charge in [-0.05, 0) is 23.8 Å². The smallest absolute Gasteiger partial charge is 0.339 e. The summed E-state index contributed by atoms with van der Waals surface area (Å²) in [5.41, 5.74) is 8.58. The molecule has 1 aromatic carbocycles. The van der Waals surface area contributed by atoms with Gasteiger partial charge in [-0.2, -0.15) is 5.11 Å². The van der Waals surface area contributed by atoms with Gasteiger partial charge in [0.25, 0.3) is 0 Å². The van der Waals surface area contributed by atoms with Crippen LogP contribution >= 0.6 is 0 Å². The van der Waals surface area contributed by atoms with Crippen LogP contribution in [-0.4, -0.2) is 19.0 Å². The number of ether oxygens (including phenoxy) is 1. The fourth-order valence-electron chi connectivity index (χ4n) is 1.61. The highest BCUT2D eigenvalue weighted by molar-refractivity contribution is 6.05. The number of esters is 1. The Morgan fingerprint density at radius 1 is 1.33 bits per heavy atom. The summed E-state index contributed by atoms with van der Waals surface area (Å²) in [6.45, 7) is 6.99. The van der Waals surface area contributed by atoms with Crippen molar-refractivity contribution in [1.29, 1.82) is 5.53 Å². The standard InChI is InChI=1S/C15H15N3O3/c1-4-10(9-17-16)11-6-7-12(15(20)21-3)13(8-11)18-14(19)5-2/h4-9,16H,1-2H2,3H3,(H,18,19)/b10-9+,17-16?. The summed E-state index contributed by atoms with van der Waals surface area (Å²) in [5.74, 6) is -1.03. The lowest BCUT2D eigenvalue weighted by Crippen LogP contribution is -2.13. The Labute approximate surface area is 122 Å². The molecule has 1 aromatic rings. The minimum Gasteiger partial charge on any atom is -0.465 e. The van der Waals surface area contributed by atoms with Crippen LogP contribution in [0.15, 0.2) is 54.8 Å². The van der Waals surface area contributed by atoms with Crippen LogP contribution in [0.25, 0.3) is 5.57 Å². The van der Waals surface area contributed by atoms with Gasteiger partial charge in [0.1, 0.15) is 0 Å².